The van der Waals surface area contributed by atoms with E-state index < -0.39 is 16.1 Å². The summed E-state index contributed by atoms with van der Waals surface area (Å²) in [6.45, 7) is 2.00. The van der Waals surface area contributed by atoms with Gasteiger partial charge in [0.2, 0.25) is 0 Å². The van der Waals surface area contributed by atoms with Gasteiger partial charge < -0.3 is 25.9 Å². The van der Waals surface area contributed by atoms with E-state index in [4.69, 9.17) is 14.7 Å². The van der Waals surface area contributed by atoms with E-state index in [1.54, 1.807) is 0 Å². The van der Waals surface area contributed by atoms with Crippen LogP contribution in [0.2, 0.25) is 0 Å². The number of rotatable bonds is 1. The van der Waals surface area contributed by atoms with Crippen molar-refractivity contribution in [3.8, 4) is 5.75 Å². The molecule has 10 heteroatoms. The number of nitrogens with two attached hydrogens (primary N) is 2. The average molecular weight is 286 g/mol. The molecular formula is C8H11N2NaO6S. The number of phenols is 1. The van der Waals surface area contributed by atoms with Gasteiger partial charge in [-0.05, 0) is 24.3 Å². The largest absolute Gasteiger partial charge is 1.00 e. The molecule has 1 rings (SSSR count). The molecule has 1 aromatic carbocycles. The van der Waals surface area contributed by atoms with Crippen molar-refractivity contribution < 1.29 is 57.2 Å². The van der Waals surface area contributed by atoms with E-state index in [-0.39, 0.29) is 40.2 Å². The van der Waals surface area contributed by atoms with Gasteiger partial charge in [0.25, 0.3) is 0 Å². The molecule has 0 atom stereocenters. The van der Waals surface area contributed by atoms with E-state index in [0.717, 1.165) is 24.3 Å². The fraction of sp³-hybridized carbons (Fsp3) is 0. The zero-order valence-corrected chi connectivity index (χ0v) is 12.4. The molecule has 0 saturated carbocycles. The Morgan fingerprint density at radius 2 is 1.44 bits per heavy atom. The van der Waals surface area contributed by atoms with Crippen LogP contribution >= 0.6 is 0 Å². The molecule has 0 aliphatic rings. The zero-order chi connectivity index (χ0) is 14.1. The van der Waals surface area contributed by atoms with Crippen molar-refractivity contribution in [1.29, 1.82) is 0 Å². The molecule has 0 unspecified atom stereocenters. The maximum atomic E-state index is 10.3. The summed E-state index contributed by atoms with van der Waals surface area (Å²) in [4.78, 5) is 16.7. The molecule has 0 saturated heterocycles. The Morgan fingerprint density at radius 3 is 1.67 bits per heavy atom. The molecule has 0 bridgehead atoms. The smallest absolute Gasteiger partial charge is 0.744 e. The van der Waals surface area contributed by atoms with Gasteiger partial charge in [0.15, 0.2) is 0 Å². The van der Waals surface area contributed by atoms with Crippen molar-refractivity contribution in [3.63, 3.8) is 0 Å². The monoisotopic (exact) mass is 286 g/mol. The van der Waals surface area contributed by atoms with Gasteiger partial charge in [0.05, 0.1) is 4.90 Å². The SMILES string of the molecule is C=O.NC(N)=O.O=S(=O)([O-])c1ccc(O)cc1.[Na+]. The van der Waals surface area contributed by atoms with Crippen molar-refractivity contribution >= 4 is 22.9 Å². The van der Waals surface area contributed by atoms with Gasteiger partial charge in [-0.1, -0.05) is 0 Å². The summed E-state index contributed by atoms with van der Waals surface area (Å²) >= 11 is 0. The van der Waals surface area contributed by atoms with Crippen LogP contribution in [0.4, 0.5) is 4.79 Å². The van der Waals surface area contributed by atoms with Crippen molar-refractivity contribution in [2.24, 2.45) is 11.5 Å². The summed E-state index contributed by atoms with van der Waals surface area (Å²) in [7, 11) is -4.38. The molecule has 0 aliphatic heterocycles. The molecule has 0 aromatic heterocycles. The molecule has 8 nitrogen and oxygen atoms in total. The molecule has 0 radical (unpaired) electrons. The van der Waals surface area contributed by atoms with Crippen molar-refractivity contribution in [3.05, 3.63) is 24.3 Å². The van der Waals surface area contributed by atoms with Gasteiger partial charge in [-0.25, -0.2) is 13.2 Å². The second-order valence-corrected chi connectivity index (χ2v) is 3.73. The Bertz CT molecular complexity index is 443. The number of benzene rings is 1. The molecule has 2 amide bonds. The van der Waals surface area contributed by atoms with Crippen LogP contribution in [0.1, 0.15) is 0 Å². The fourth-order valence-corrected chi connectivity index (χ4v) is 1.08. The van der Waals surface area contributed by atoms with Crippen molar-refractivity contribution in [1.82, 2.24) is 0 Å². The third-order valence-corrected chi connectivity index (χ3v) is 1.97. The molecular weight excluding hydrogens is 275 g/mol. The molecule has 5 N–H and O–H groups in total. The summed E-state index contributed by atoms with van der Waals surface area (Å²) in [5.41, 5.74) is 8.50. The number of aromatic hydroxyl groups is 1. The second kappa shape index (κ2) is 11.0. The van der Waals surface area contributed by atoms with Crippen LogP contribution in [0.3, 0.4) is 0 Å². The van der Waals surface area contributed by atoms with Gasteiger partial charge in [-0.3, -0.25) is 0 Å². The topological polar surface area (TPSA) is 164 Å². The van der Waals surface area contributed by atoms with Crippen molar-refractivity contribution in [2.75, 3.05) is 0 Å². The Labute approximate surface area is 126 Å². The molecule has 18 heavy (non-hydrogen) atoms. The van der Waals surface area contributed by atoms with Gasteiger partial charge in [-0.15, -0.1) is 0 Å². The van der Waals surface area contributed by atoms with Crippen molar-refractivity contribution in [2.45, 2.75) is 4.90 Å². The van der Waals surface area contributed by atoms with Crippen LogP contribution in [-0.4, -0.2) is 30.9 Å². The van der Waals surface area contributed by atoms with E-state index in [1.165, 1.54) is 0 Å². The van der Waals surface area contributed by atoms with Crippen LogP contribution in [0.5, 0.6) is 5.75 Å². The number of carbonyl (C=O) groups is 2. The van der Waals surface area contributed by atoms with Crippen LogP contribution in [-0.2, 0) is 14.9 Å². The van der Waals surface area contributed by atoms with Crippen LogP contribution in [0.15, 0.2) is 29.2 Å². The quantitative estimate of drug-likeness (QED) is 0.353. The summed E-state index contributed by atoms with van der Waals surface area (Å²) < 4.78 is 30.9. The minimum atomic E-state index is -4.38. The first-order valence-corrected chi connectivity index (χ1v) is 5.23. The number of hydrogen-bond acceptors (Lipinski definition) is 6. The van der Waals surface area contributed by atoms with Crippen LogP contribution < -0.4 is 41.0 Å². The van der Waals surface area contributed by atoms with E-state index in [2.05, 4.69) is 11.5 Å². The zero-order valence-electron chi connectivity index (χ0n) is 9.57. The fourth-order valence-electron chi connectivity index (χ4n) is 0.613. The van der Waals surface area contributed by atoms with E-state index >= 15 is 0 Å². The Morgan fingerprint density at radius 1 is 1.17 bits per heavy atom. The van der Waals surface area contributed by atoms with Gasteiger partial charge in [-0.2, -0.15) is 0 Å². The van der Waals surface area contributed by atoms with Crippen LogP contribution in [0.25, 0.3) is 0 Å². The van der Waals surface area contributed by atoms with Gasteiger partial charge >= 0.3 is 35.6 Å². The molecule has 0 aliphatic carbocycles. The van der Waals surface area contributed by atoms with Crippen LogP contribution in [0, 0.1) is 0 Å². The van der Waals surface area contributed by atoms with Gasteiger partial charge in [0, 0.05) is 0 Å². The number of amides is 2. The third kappa shape index (κ3) is 12.9. The van der Waals surface area contributed by atoms with E-state index in [1.807, 2.05) is 6.79 Å². The Hall–Kier alpha value is -1.13. The van der Waals surface area contributed by atoms with Gasteiger partial charge in [0.1, 0.15) is 22.7 Å². The first-order valence-electron chi connectivity index (χ1n) is 3.82. The van der Waals surface area contributed by atoms with E-state index in [9.17, 15) is 13.0 Å². The normalized spacial score (nSPS) is 8.50. The second-order valence-electron chi connectivity index (χ2n) is 2.35. The summed E-state index contributed by atoms with van der Waals surface area (Å²) in [5, 5.41) is 8.73. The first-order chi connectivity index (χ1) is 7.73. The summed E-state index contributed by atoms with van der Waals surface area (Å²) in [6.07, 6.45) is 0. The minimum Gasteiger partial charge on any atom is -0.744 e. The maximum absolute atomic E-state index is 10.3. The predicted octanol–water partition coefficient (Wildman–Crippen LogP) is -3.86. The third-order valence-electron chi connectivity index (χ3n) is 1.13. The molecule has 0 heterocycles. The minimum absolute atomic E-state index is 0. The average Bonchev–Trinajstić information content (AvgIpc) is 2.19. The molecule has 0 spiro atoms. The molecule has 1 aromatic rings. The maximum Gasteiger partial charge on any atom is 1.00 e. The number of carbonyl (C=O) groups excluding carboxylic acids is 2. The molecule has 96 valence electrons. The summed E-state index contributed by atoms with van der Waals surface area (Å²) in [6, 6.07) is 3.56. The Balaban J connectivity index is -0.000000277. The number of urea groups is 1. The number of primary amides is 2. The number of hydrogen-bond donors (Lipinski definition) is 3. The summed E-state index contributed by atoms with van der Waals surface area (Å²) in [5.74, 6) is -0.0719. The first kappa shape index (κ1) is 22.1. The van der Waals surface area contributed by atoms with E-state index in [0.29, 0.717) is 0 Å². The molecule has 0 fully saturated rings. The standard InChI is InChI=1S/C6H6O4S.CH4N2O.CH2O.Na/c7-5-1-3-6(4-2-5)11(8,9)10;2-1(3)4;1-2;/h1-4,7H,(H,8,9,10);(H4,2,3,4);1H2;/q;;;+1/p-1. The predicted molar refractivity (Wildman–Crippen MR) is 57.0 cm³/mol. The number of phenolic OH excluding ortho intramolecular Hbond substituents is 1. The Kier molecular flexibility index (Phi) is 13.5.